The highest BCUT2D eigenvalue weighted by Crippen LogP contribution is 2.20. The van der Waals surface area contributed by atoms with Crippen LogP contribution in [0, 0.1) is 0 Å². The smallest absolute Gasteiger partial charge is 0.244 e. The van der Waals surface area contributed by atoms with Crippen LogP contribution in [0.2, 0.25) is 0 Å². The minimum atomic E-state index is -3.72. The van der Waals surface area contributed by atoms with Crippen molar-refractivity contribution in [2.75, 3.05) is 0 Å². The van der Waals surface area contributed by atoms with Gasteiger partial charge in [-0.15, -0.1) is 0 Å². The molecule has 0 bridgehead atoms. The zero-order chi connectivity index (χ0) is 19.4. The van der Waals surface area contributed by atoms with Crippen LogP contribution < -0.4 is 10.5 Å². The Morgan fingerprint density at radius 2 is 1.67 bits per heavy atom. The molecule has 5 nitrogen and oxygen atoms in total. The van der Waals surface area contributed by atoms with E-state index in [-0.39, 0.29) is 16.8 Å². The molecule has 0 aliphatic carbocycles. The first-order chi connectivity index (χ1) is 12.8. The number of primary sulfonamides is 1. The van der Waals surface area contributed by atoms with Crippen LogP contribution in [-0.4, -0.2) is 14.3 Å². The number of fused-ring (bicyclic) bond motifs is 1. The van der Waals surface area contributed by atoms with Crippen LogP contribution in [0.25, 0.3) is 16.8 Å². The van der Waals surface area contributed by atoms with E-state index in [0.29, 0.717) is 0 Å². The molecular formula is C21H20N2O3S. The molecule has 138 valence electrons. The number of carbonyl (C=O) groups excluding carboxylic acids is 1. The van der Waals surface area contributed by atoms with Crippen LogP contribution in [0.5, 0.6) is 0 Å². The largest absolute Gasteiger partial charge is 0.346 e. The van der Waals surface area contributed by atoms with E-state index in [2.05, 4.69) is 5.32 Å². The zero-order valence-electron chi connectivity index (χ0n) is 14.8. The van der Waals surface area contributed by atoms with Gasteiger partial charge in [0.1, 0.15) is 0 Å². The van der Waals surface area contributed by atoms with Gasteiger partial charge in [0.25, 0.3) is 0 Å². The van der Waals surface area contributed by atoms with Gasteiger partial charge in [-0.1, -0.05) is 54.6 Å². The molecule has 1 atom stereocenters. The molecule has 0 heterocycles. The fraction of sp³-hybridized carbons (Fsp3) is 0.0952. The Morgan fingerprint density at radius 1 is 1.00 bits per heavy atom. The predicted molar refractivity (Wildman–Crippen MR) is 107 cm³/mol. The summed E-state index contributed by atoms with van der Waals surface area (Å²) in [5, 5.41) is 10.2. The molecular weight excluding hydrogens is 360 g/mol. The number of amides is 1. The molecule has 3 N–H and O–H groups in total. The lowest BCUT2D eigenvalue weighted by Gasteiger charge is -2.13. The van der Waals surface area contributed by atoms with E-state index in [0.717, 1.165) is 21.9 Å². The van der Waals surface area contributed by atoms with E-state index in [1.807, 2.05) is 49.4 Å². The molecule has 0 aromatic heterocycles. The first kappa shape index (κ1) is 18.8. The number of rotatable bonds is 5. The summed E-state index contributed by atoms with van der Waals surface area (Å²) < 4.78 is 22.6. The first-order valence-corrected chi connectivity index (χ1v) is 9.98. The second-order valence-corrected chi connectivity index (χ2v) is 7.81. The molecule has 27 heavy (non-hydrogen) atoms. The van der Waals surface area contributed by atoms with Crippen molar-refractivity contribution in [3.05, 3.63) is 83.9 Å². The van der Waals surface area contributed by atoms with Gasteiger partial charge >= 0.3 is 0 Å². The number of hydrogen-bond acceptors (Lipinski definition) is 3. The highest BCUT2D eigenvalue weighted by Gasteiger charge is 2.11. The third-order valence-electron chi connectivity index (χ3n) is 4.31. The summed E-state index contributed by atoms with van der Waals surface area (Å²) in [6.07, 6.45) is 3.28. The molecule has 1 amide bonds. The second-order valence-electron chi connectivity index (χ2n) is 6.25. The van der Waals surface area contributed by atoms with Crippen LogP contribution >= 0.6 is 0 Å². The van der Waals surface area contributed by atoms with Gasteiger partial charge < -0.3 is 5.32 Å². The average molecular weight is 380 g/mol. The van der Waals surface area contributed by atoms with E-state index in [4.69, 9.17) is 5.14 Å². The third kappa shape index (κ3) is 4.61. The summed E-state index contributed by atoms with van der Waals surface area (Å²) in [5.74, 6) is -0.231. The average Bonchev–Trinajstić information content (AvgIpc) is 2.65. The number of benzene rings is 3. The van der Waals surface area contributed by atoms with Crippen molar-refractivity contribution in [2.24, 2.45) is 5.14 Å². The summed E-state index contributed by atoms with van der Waals surface area (Å²) in [5.41, 5.74) is 1.75. The van der Waals surface area contributed by atoms with Crippen molar-refractivity contribution in [2.45, 2.75) is 17.9 Å². The minimum absolute atomic E-state index is 0.0422. The SMILES string of the molecule is CC(NC(=O)C=Cc1cccc2ccccc12)c1ccc(S(N)(=O)=O)cc1. The Labute approximate surface area is 158 Å². The van der Waals surface area contributed by atoms with Crippen molar-refractivity contribution in [1.29, 1.82) is 0 Å². The molecule has 0 fully saturated rings. The number of sulfonamides is 1. The molecule has 0 radical (unpaired) electrons. The van der Waals surface area contributed by atoms with E-state index in [1.165, 1.54) is 18.2 Å². The summed E-state index contributed by atoms with van der Waals surface area (Å²) in [6, 6.07) is 19.8. The molecule has 0 saturated heterocycles. The molecule has 3 aromatic carbocycles. The first-order valence-electron chi connectivity index (χ1n) is 8.44. The highest BCUT2D eigenvalue weighted by atomic mass is 32.2. The Kier molecular flexibility index (Phi) is 5.39. The van der Waals surface area contributed by atoms with Crippen LogP contribution in [0.3, 0.4) is 0 Å². The predicted octanol–water partition coefficient (Wildman–Crippen LogP) is 3.38. The molecule has 0 aliphatic heterocycles. The number of nitrogens with two attached hydrogens (primary N) is 1. The van der Waals surface area contributed by atoms with Crippen LogP contribution in [0.15, 0.2) is 77.7 Å². The maximum absolute atomic E-state index is 12.2. The fourth-order valence-electron chi connectivity index (χ4n) is 2.85. The quantitative estimate of drug-likeness (QED) is 0.665. The van der Waals surface area contributed by atoms with Crippen LogP contribution in [0.4, 0.5) is 0 Å². The fourth-order valence-corrected chi connectivity index (χ4v) is 3.37. The van der Waals surface area contributed by atoms with Crippen molar-refractivity contribution in [3.8, 4) is 0 Å². The second kappa shape index (κ2) is 7.73. The molecule has 1 unspecified atom stereocenters. The summed E-state index contributed by atoms with van der Waals surface area (Å²) >= 11 is 0. The van der Waals surface area contributed by atoms with E-state index < -0.39 is 10.0 Å². The van der Waals surface area contributed by atoms with E-state index in [9.17, 15) is 13.2 Å². The van der Waals surface area contributed by atoms with Crippen LogP contribution in [0.1, 0.15) is 24.1 Å². The van der Waals surface area contributed by atoms with Gasteiger partial charge in [-0.2, -0.15) is 0 Å². The third-order valence-corrected chi connectivity index (χ3v) is 5.23. The van der Waals surface area contributed by atoms with Gasteiger partial charge in [0.2, 0.25) is 15.9 Å². The molecule has 0 aliphatic rings. The van der Waals surface area contributed by atoms with Gasteiger partial charge in [-0.05, 0) is 47.0 Å². The highest BCUT2D eigenvalue weighted by molar-refractivity contribution is 7.89. The summed E-state index contributed by atoms with van der Waals surface area (Å²) in [6.45, 7) is 1.83. The van der Waals surface area contributed by atoms with E-state index in [1.54, 1.807) is 18.2 Å². The molecule has 0 saturated carbocycles. The lowest BCUT2D eigenvalue weighted by Crippen LogP contribution is -2.24. The molecule has 0 spiro atoms. The van der Waals surface area contributed by atoms with Gasteiger partial charge in [-0.25, -0.2) is 13.6 Å². The van der Waals surface area contributed by atoms with Crippen molar-refractivity contribution in [1.82, 2.24) is 5.32 Å². The number of hydrogen-bond donors (Lipinski definition) is 2. The molecule has 6 heteroatoms. The van der Waals surface area contributed by atoms with Gasteiger partial charge in [0.05, 0.1) is 10.9 Å². The maximum Gasteiger partial charge on any atom is 0.244 e. The Hall–Kier alpha value is -2.96. The van der Waals surface area contributed by atoms with Crippen molar-refractivity contribution < 1.29 is 13.2 Å². The lowest BCUT2D eigenvalue weighted by atomic mass is 10.0. The summed E-state index contributed by atoms with van der Waals surface area (Å²) in [7, 11) is -3.72. The molecule has 3 rings (SSSR count). The summed E-state index contributed by atoms with van der Waals surface area (Å²) in [4.78, 5) is 12.3. The Balaban J connectivity index is 1.70. The van der Waals surface area contributed by atoms with E-state index >= 15 is 0 Å². The monoisotopic (exact) mass is 380 g/mol. The van der Waals surface area contributed by atoms with Gasteiger partial charge in [0, 0.05) is 6.08 Å². The van der Waals surface area contributed by atoms with Crippen molar-refractivity contribution >= 4 is 32.8 Å². The van der Waals surface area contributed by atoms with Crippen molar-refractivity contribution in [3.63, 3.8) is 0 Å². The lowest BCUT2D eigenvalue weighted by molar-refractivity contribution is -0.117. The topological polar surface area (TPSA) is 89.3 Å². The normalized spacial score (nSPS) is 13.0. The Bertz CT molecular complexity index is 1100. The maximum atomic E-state index is 12.2. The standard InChI is InChI=1S/C21H20N2O3S/c1-15(16-9-12-19(13-10-16)27(22,25)26)23-21(24)14-11-18-7-4-6-17-5-2-3-8-20(17)18/h2-15H,1H3,(H,23,24)(H2,22,25,26). The molecule has 3 aromatic rings. The number of carbonyl (C=O) groups is 1. The number of nitrogens with one attached hydrogen (secondary N) is 1. The van der Waals surface area contributed by atoms with Gasteiger partial charge in [-0.3, -0.25) is 4.79 Å². The van der Waals surface area contributed by atoms with Crippen LogP contribution in [-0.2, 0) is 14.8 Å². The zero-order valence-corrected chi connectivity index (χ0v) is 15.6. The van der Waals surface area contributed by atoms with Gasteiger partial charge in [0.15, 0.2) is 0 Å². The Morgan fingerprint density at radius 3 is 2.37 bits per heavy atom. The minimum Gasteiger partial charge on any atom is -0.346 e.